The molecule has 0 aromatic heterocycles. The van der Waals surface area contributed by atoms with E-state index in [9.17, 15) is 4.79 Å². The second-order valence-electron chi connectivity index (χ2n) is 3.73. The van der Waals surface area contributed by atoms with Crippen molar-refractivity contribution < 1.29 is 4.79 Å². The summed E-state index contributed by atoms with van der Waals surface area (Å²) < 4.78 is 0. The van der Waals surface area contributed by atoms with E-state index in [1.165, 1.54) is 0 Å². The van der Waals surface area contributed by atoms with Crippen LogP contribution in [0.25, 0.3) is 11.1 Å². The molecule has 0 amide bonds. The minimum atomic E-state index is 0.351. The van der Waals surface area contributed by atoms with Crippen molar-refractivity contribution in [1.29, 1.82) is 5.26 Å². The van der Waals surface area contributed by atoms with Gasteiger partial charge in [0.25, 0.3) is 0 Å². The van der Waals surface area contributed by atoms with Gasteiger partial charge in [0.05, 0.1) is 11.6 Å². The van der Waals surface area contributed by atoms with Gasteiger partial charge in [-0.05, 0) is 22.8 Å². The highest BCUT2D eigenvalue weighted by Gasteiger charge is 2.05. The van der Waals surface area contributed by atoms with Crippen LogP contribution in [0.4, 0.5) is 0 Å². The van der Waals surface area contributed by atoms with E-state index in [1.54, 1.807) is 6.07 Å². The van der Waals surface area contributed by atoms with Crippen molar-refractivity contribution in [2.45, 2.75) is 6.42 Å². The molecular weight excluding hydrogens is 210 g/mol. The molecule has 0 aliphatic carbocycles. The van der Waals surface area contributed by atoms with Crippen molar-refractivity contribution in [3.63, 3.8) is 0 Å². The Morgan fingerprint density at radius 1 is 1.12 bits per heavy atom. The highest BCUT2D eigenvalue weighted by Crippen LogP contribution is 2.24. The fraction of sp³-hybridized carbons (Fsp3) is 0.0667. The van der Waals surface area contributed by atoms with Crippen LogP contribution in [-0.2, 0) is 11.2 Å². The fourth-order valence-corrected chi connectivity index (χ4v) is 1.78. The third-order valence-electron chi connectivity index (χ3n) is 2.61. The number of hydrogen-bond donors (Lipinski definition) is 0. The Balaban J connectivity index is 2.49. The summed E-state index contributed by atoms with van der Waals surface area (Å²) in [4.78, 5) is 10.4. The average Bonchev–Trinajstić information content (AvgIpc) is 2.40. The third kappa shape index (κ3) is 2.40. The number of carbonyl (C=O) groups excluding carboxylic acids is 1. The van der Waals surface area contributed by atoms with Gasteiger partial charge in [-0.15, -0.1) is 0 Å². The molecule has 0 aliphatic heterocycles. The van der Waals surface area contributed by atoms with E-state index >= 15 is 0 Å². The molecule has 0 saturated carbocycles. The summed E-state index contributed by atoms with van der Waals surface area (Å²) in [6.45, 7) is 0. The summed E-state index contributed by atoms with van der Waals surface area (Å²) in [5, 5.41) is 9.13. The van der Waals surface area contributed by atoms with E-state index in [0.29, 0.717) is 12.0 Å². The van der Waals surface area contributed by atoms with Gasteiger partial charge in [-0.1, -0.05) is 42.5 Å². The van der Waals surface area contributed by atoms with Crippen LogP contribution in [0.5, 0.6) is 0 Å². The lowest BCUT2D eigenvalue weighted by molar-refractivity contribution is -0.107. The van der Waals surface area contributed by atoms with Crippen molar-refractivity contribution in [2.75, 3.05) is 0 Å². The van der Waals surface area contributed by atoms with Crippen LogP contribution in [0.3, 0.4) is 0 Å². The van der Waals surface area contributed by atoms with E-state index in [1.807, 2.05) is 42.5 Å². The first-order valence-electron chi connectivity index (χ1n) is 5.37. The number of rotatable bonds is 3. The van der Waals surface area contributed by atoms with Gasteiger partial charge < -0.3 is 4.79 Å². The van der Waals surface area contributed by atoms with Crippen LogP contribution >= 0.6 is 0 Å². The van der Waals surface area contributed by atoms with Crippen molar-refractivity contribution in [3.8, 4) is 17.2 Å². The summed E-state index contributed by atoms with van der Waals surface area (Å²) >= 11 is 0. The fourth-order valence-electron chi connectivity index (χ4n) is 1.78. The highest BCUT2D eigenvalue weighted by atomic mass is 16.1. The largest absolute Gasteiger partial charge is 0.303 e. The van der Waals surface area contributed by atoms with Crippen molar-refractivity contribution in [1.82, 2.24) is 0 Å². The molecule has 0 saturated heterocycles. The molecule has 2 rings (SSSR count). The number of hydrogen-bond acceptors (Lipinski definition) is 2. The van der Waals surface area contributed by atoms with Gasteiger partial charge in [-0.3, -0.25) is 0 Å². The lowest BCUT2D eigenvalue weighted by Crippen LogP contribution is -1.90. The SMILES string of the molecule is N#Cc1cc(CC=O)ccc1-c1ccccc1. The molecule has 0 aliphatic rings. The molecule has 2 nitrogen and oxygen atoms in total. The minimum absolute atomic E-state index is 0.351. The quantitative estimate of drug-likeness (QED) is 0.747. The number of aldehydes is 1. The number of nitriles is 1. The Morgan fingerprint density at radius 2 is 1.88 bits per heavy atom. The summed E-state index contributed by atoms with van der Waals surface area (Å²) in [5.74, 6) is 0. The molecule has 17 heavy (non-hydrogen) atoms. The Labute approximate surface area is 100 Å². The topological polar surface area (TPSA) is 40.9 Å². The maximum atomic E-state index is 10.4. The van der Waals surface area contributed by atoms with Gasteiger partial charge in [0.15, 0.2) is 0 Å². The molecule has 0 fully saturated rings. The Kier molecular flexibility index (Phi) is 3.32. The summed E-state index contributed by atoms with van der Waals surface area (Å²) in [6.07, 6.45) is 1.20. The van der Waals surface area contributed by atoms with Crippen LogP contribution in [0.15, 0.2) is 48.5 Å². The zero-order valence-electron chi connectivity index (χ0n) is 9.26. The lowest BCUT2D eigenvalue weighted by atomic mass is 9.97. The smallest absolute Gasteiger partial charge is 0.124 e. The van der Waals surface area contributed by atoms with Gasteiger partial charge in [-0.25, -0.2) is 0 Å². The molecule has 0 N–H and O–H groups in total. The predicted octanol–water partition coefficient (Wildman–Crippen LogP) is 2.97. The molecule has 0 bridgehead atoms. The highest BCUT2D eigenvalue weighted by molar-refractivity contribution is 5.71. The van der Waals surface area contributed by atoms with Crippen LogP contribution in [-0.4, -0.2) is 6.29 Å². The van der Waals surface area contributed by atoms with Gasteiger partial charge in [0, 0.05) is 6.42 Å². The zero-order chi connectivity index (χ0) is 12.1. The molecule has 0 spiro atoms. The molecular formula is C15H11NO. The van der Waals surface area contributed by atoms with E-state index in [-0.39, 0.29) is 0 Å². The first-order chi connectivity index (χ1) is 8.35. The second-order valence-corrected chi connectivity index (χ2v) is 3.73. The summed E-state index contributed by atoms with van der Waals surface area (Å²) in [5.41, 5.74) is 3.40. The van der Waals surface area contributed by atoms with E-state index in [2.05, 4.69) is 6.07 Å². The normalized spacial score (nSPS) is 9.59. The van der Waals surface area contributed by atoms with Gasteiger partial charge in [-0.2, -0.15) is 5.26 Å². The maximum absolute atomic E-state index is 10.4. The van der Waals surface area contributed by atoms with E-state index in [0.717, 1.165) is 23.0 Å². The maximum Gasteiger partial charge on any atom is 0.124 e. The molecule has 2 heteroatoms. The van der Waals surface area contributed by atoms with E-state index < -0.39 is 0 Å². The molecule has 82 valence electrons. The molecule has 2 aromatic carbocycles. The molecule has 0 atom stereocenters. The molecule has 0 unspecified atom stereocenters. The number of carbonyl (C=O) groups is 1. The van der Waals surface area contributed by atoms with Crippen LogP contribution < -0.4 is 0 Å². The van der Waals surface area contributed by atoms with Gasteiger partial charge >= 0.3 is 0 Å². The van der Waals surface area contributed by atoms with Crippen LogP contribution in [0.2, 0.25) is 0 Å². The first-order valence-corrected chi connectivity index (χ1v) is 5.37. The van der Waals surface area contributed by atoms with Crippen molar-refractivity contribution in [3.05, 3.63) is 59.7 Å². The Hall–Kier alpha value is -2.40. The molecule has 2 aromatic rings. The van der Waals surface area contributed by atoms with E-state index in [4.69, 9.17) is 5.26 Å². The number of benzene rings is 2. The first kappa shape index (κ1) is 11.1. The standard InChI is InChI=1S/C15H11NO/c16-11-14-10-12(8-9-17)6-7-15(14)13-4-2-1-3-5-13/h1-7,9-10H,8H2. The second kappa shape index (κ2) is 5.09. The average molecular weight is 221 g/mol. The van der Waals surface area contributed by atoms with Crippen LogP contribution in [0, 0.1) is 11.3 Å². The summed E-state index contributed by atoms with van der Waals surface area (Å²) in [7, 11) is 0. The number of nitrogens with zero attached hydrogens (tertiary/aromatic N) is 1. The predicted molar refractivity (Wildman–Crippen MR) is 66.4 cm³/mol. The molecule has 0 heterocycles. The van der Waals surface area contributed by atoms with Crippen LogP contribution in [0.1, 0.15) is 11.1 Å². The lowest BCUT2D eigenvalue weighted by Gasteiger charge is -2.05. The third-order valence-corrected chi connectivity index (χ3v) is 2.61. The van der Waals surface area contributed by atoms with Gasteiger partial charge in [0.1, 0.15) is 6.29 Å². The van der Waals surface area contributed by atoms with Crippen molar-refractivity contribution >= 4 is 6.29 Å². The zero-order valence-corrected chi connectivity index (χ0v) is 9.26. The van der Waals surface area contributed by atoms with Gasteiger partial charge in [0.2, 0.25) is 0 Å². The minimum Gasteiger partial charge on any atom is -0.303 e. The molecule has 0 radical (unpaired) electrons. The Bertz CT molecular complexity index is 567. The Morgan fingerprint density at radius 3 is 2.53 bits per heavy atom. The van der Waals surface area contributed by atoms with Crippen molar-refractivity contribution in [2.24, 2.45) is 0 Å². The monoisotopic (exact) mass is 221 g/mol. The summed E-state index contributed by atoms with van der Waals surface area (Å²) in [6, 6.07) is 17.5.